The van der Waals surface area contributed by atoms with Gasteiger partial charge in [0.05, 0.1) is 18.4 Å². The van der Waals surface area contributed by atoms with Crippen molar-refractivity contribution in [2.45, 2.75) is 38.8 Å². The highest BCUT2D eigenvalue weighted by Crippen LogP contribution is 2.31. The normalized spacial score (nSPS) is 16.0. The minimum atomic E-state index is -0.165. The van der Waals surface area contributed by atoms with Crippen molar-refractivity contribution in [3.63, 3.8) is 0 Å². The topological polar surface area (TPSA) is 65.0 Å². The number of aliphatic hydroxyl groups excluding tert-OH is 2. The van der Waals surface area contributed by atoms with Crippen molar-refractivity contribution < 1.29 is 14.9 Å². The monoisotopic (exact) mass is 308 g/mol. The lowest BCUT2D eigenvalue weighted by Crippen LogP contribution is -2.36. The van der Waals surface area contributed by atoms with E-state index in [-0.39, 0.29) is 12.7 Å². The molecule has 124 valence electrons. The standard InChI is InChI=1S/C17H28N2O3/c1-2-22-17-12-14(13-18-8-3-11-20)4-5-16(17)19-9-6-15(21)7-10-19/h4-5,12,15,18,20-21H,2-3,6-11,13H2,1H3. The van der Waals surface area contributed by atoms with E-state index >= 15 is 0 Å². The van der Waals surface area contributed by atoms with Gasteiger partial charge in [0, 0.05) is 26.2 Å². The van der Waals surface area contributed by atoms with E-state index in [0.717, 1.165) is 56.9 Å². The van der Waals surface area contributed by atoms with Crippen LogP contribution < -0.4 is 15.0 Å². The fourth-order valence-electron chi connectivity index (χ4n) is 2.74. The first-order valence-corrected chi connectivity index (χ1v) is 8.25. The van der Waals surface area contributed by atoms with E-state index in [1.54, 1.807) is 0 Å². The zero-order valence-corrected chi connectivity index (χ0v) is 13.4. The van der Waals surface area contributed by atoms with Gasteiger partial charge in [-0.25, -0.2) is 0 Å². The fraction of sp³-hybridized carbons (Fsp3) is 0.647. The third kappa shape index (κ3) is 4.87. The summed E-state index contributed by atoms with van der Waals surface area (Å²) >= 11 is 0. The average molecular weight is 308 g/mol. The maximum Gasteiger partial charge on any atom is 0.142 e. The highest BCUT2D eigenvalue weighted by atomic mass is 16.5. The highest BCUT2D eigenvalue weighted by Gasteiger charge is 2.20. The van der Waals surface area contributed by atoms with Crippen molar-refractivity contribution in [3.05, 3.63) is 23.8 Å². The molecule has 22 heavy (non-hydrogen) atoms. The number of benzene rings is 1. The summed E-state index contributed by atoms with van der Waals surface area (Å²) in [5, 5.41) is 21.8. The van der Waals surface area contributed by atoms with Crippen molar-refractivity contribution in [1.29, 1.82) is 0 Å². The zero-order valence-electron chi connectivity index (χ0n) is 13.4. The molecule has 0 radical (unpaired) electrons. The van der Waals surface area contributed by atoms with E-state index in [1.165, 1.54) is 5.56 Å². The molecule has 2 rings (SSSR count). The minimum absolute atomic E-state index is 0.165. The molecular weight excluding hydrogens is 280 g/mol. The Hall–Kier alpha value is -1.30. The molecule has 5 nitrogen and oxygen atoms in total. The van der Waals surface area contributed by atoms with Gasteiger partial charge in [-0.1, -0.05) is 6.07 Å². The molecule has 0 spiro atoms. The summed E-state index contributed by atoms with van der Waals surface area (Å²) in [6.07, 6.45) is 2.24. The predicted molar refractivity (Wildman–Crippen MR) is 88.5 cm³/mol. The Morgan fingerprint density at radius 3 is 2.77 bits per heavy atom. The van der Waals surface area contributed by atoms with Crippen LogP contribution >= 0.6 is 0 Å². The van der Waals surface area contributed by atoms with Crippen molar-refractivity contribution in [2.24, 2.45) is 0 Å². The fourth-order valence-corrected chi connectivity index (χ4v) is 2.74. The molecule has 1 fully saturated rings. The van der Waals surface area contributed by atoms with E-state index in [4.69, 9.17) is 9.84 Å². The van der Waals surface area contributed by atoms with Crippen molar-refractivity contribution in [2.75, 3.05) is 37.7 Å². The van der Waals surface area contributed by atoms with Gasteiger partial charge in [-0.05, 0) is 50.4 Å². The summed E-state index contributed by atoms with van der Waals surface area (Å²) in [5.41, 5.74) is 2.30. The number of aliphatic hydroxyl groups is 2. The lowest BCUT2D eigenvalue weighted by molar-refractivity contribution is 0.145. The second-order valence-corrected chi connectivity index (χ2v) is 5.71. The Morgan fingerprint density at radius 2 is 2.09 bits per heavy atom. The molecule has 0 unspecified atom stereocenters. The number of nitrogens with zero attached hydrogens (tertiary/aromatic N) is 1. The van der Waals surface area contributed by atoms with Crippen LogP contribution in [0.4, 0.5) is 5.69 Å². The molecule has 0 aromatic heterocycles. The summed E-state index contributed by atoms with van der Waals surface area (Å²) in [5.74, 6) is 0.917. The van der Waals surface area contributed by atoms with Crippen LogP contribution in [0.25, 0.3) is 0 Å². The molecule has 1 aliphatic heterocycles. The zero-order chi connectivity index (χ0) is 15.8. The van der Waals surface area contributed by atoms with E-state index in [9.17, 15) is 5.11 Å². The number of hydrogen-bond donors (Lipinski definition) is 3. The molecule has 1 aliphatic rings. The predicted octanol–water partition coefficient (Wildman–Crippen LogP) is 1.52. The van der Waals surface area contributed by atoms with Crippen molar-refractivity contribution >= 4 is 5.69 Å². The Morgan fingerprint density at radius 1 is 1.32 bits per heavy atom. The minimum Gasteiger partial charge on any atom is -0.492 e. The Balaban J connectivity index is 2.03. The molecule has 0 saturated carbocycles. The summed E-state index contributed by atoms with van der Waals surface area (Å²) in [6, 6.07) is 6.33. The molecule has 0 bridgehead atoms. The SMILES string of the molecule is CCOc1cc(CNCCCO)ccc1N1CCC(O)CC1. The van der Waals surface area contributed by atoms with E-state index < -0.39 is 0 Å². The maximum absolute atomic E-state index is 9.65. The van der Waals surface area contributed by atoms with Gasteiger partial charge >= 0.3 is 0 Å². The van der Waals surface area contributed by atoms with Crippen LogP contribution in [0.15, 0.2) is 18.2 Å². The number of piperidine rings is 1. The van der Waals surface area contributed by atoms with Crippen LogP contribution in [0.5, 0.6) is 5.75 Å². The number of rotatable bonds is 8. The highest BCUT2D eigenvalue weighted by molar-refractivity contribution is 5.60. The first-order chi connectivity index (χ1) is 10.7. The van der Waals surface area contributed by atoms with Crippen LogP contribution in [0.2, 0.25) is 0 Å². The largest absolute Gasteiger partial charge is 0.492 e. The van der Waals surface area contributed by atoms with Gasteiger partial charge in [-0.2, -0.15) is 0 Å². The molecular formula is C17H28N2O3. The summed E-state index contributed by atoms with van der Waals surface area (Å²) < 4.78 is 5.81. The van der Waals surface area contributed by atoms with E-state index in [1.807, 2.05) is 6.92 Å². The van der Waals surface area contributed by atoms with Gasteiger partial charge in [0.15, 0.2) is 0 Å². The molecule has 1 saturated heterocycles. The number of anilines is 1. The number of nitrogens with one attached hydrogen (secondary N) is 1. The summed E-state index contributed by atoms with van der Waals surface area (Å²) in [7, 11) is 0. The van der Waals surface area contributed by atoms with Gasteiger partial charge in [0.1, 0.15) is 5.75 Å². The van der Waals surface area contributed by atoms with Gasteiger partial charge < -0.3 is 25.2 Å². The first kappa shape index (κ1) is 17.1. The Labute approximate surface area is 132 Å². The molecule has 0 aliphatic carbocycles. The van der Waals surface area contributed by atoms with Gasteiger partial charge in [0.25, 0.3) is 0 Å². The number of hydrogen-bond acceptors (Lipinski definition) is 5. The third-order valence-electron chi connectivity index (χ3n) is 3.97. The third-order valence-corrected chi connectivity index (χ3v) is 3.97. The average Bonchev–Trinajstić information content (AvgIpc) is 2.53. The second-order valence-electron chi connectivity index (χ2n) is 5.71. The van der Waals surface area contributed by atoms with Gasteiger partial charge in [-0.15, -0.1) is 0 Å². The van der Waals surface area contributed by atoms with Crippen LogP contribution in [-0.2, 0) is 6.54 Å². The Kier molecular flexibility index (Phi) is 6.96. The van der Waals surface area contributed by atoms with Crippen LogP contribution in [0.1, 0.15) is 31.7 Å². The molecule has 0 amide bonds. The lowest BCUT2D eigenvalue weighted by Gasteiger charge is -2.32. The first-order valence-electron chi connectivity index (χ1n) is 8.25. The number of ether oxygens (including phenoxy) is 1. The Bertz CT molecular complexity index is 446. The van der Waals surface area contributed by atoms with Crippen molar-refractivity contribution in [3.8, 4) is 5.75 Å². The van der Waals surface area contributed by atoms with Crippen molar-refractivity contribution in [1.82, 2.24) is 5.32 Å². The smallest absolute Gasteiger partial charge is 0.142 e. The second kappa shape index (κ2) is 8.98. The molecule has 3 N–H and O–H groups in total. The van der Waals surface area contributed by atoms with Crippen LogP contribution in [0, 0.1) is 0 Å². The van der Waals surface area contributed by atoms with Crippen LogP contribution in [0.3, 0.4) is 0 Å². The summed E-state index contributed by atoms with van der Waals surface area (Å²) in [6.45, 7) is 6.19. The molecule has 1 heterocycles. The quantitative estimate of drug-likeness (QED) is 0.636. The molecule has 1 aromatic rings. The van der Waals surface area contributed by atoms with Gasteiger partial charge in [0.2, 0.25) is 0 Å². The van der Waals surface area contributed by atoms with E-state index in [2.05, 4.69) is 28.4 Å². The molecule has 5 heteroatoms. The molecule has 1 aromatic carbocycles. The van der Waals surface area contributed by atoms with Crippen LogP contribution in [-0.4, -0.2) is 49.2 Å². The van der Waals surface area contributed by atoms with Gasteiger partial charge in [-0.3, -0.25) is 0 Å². The summed E-state index contributed by atoms with van der Waals surface area (Å²) in [4.78, 5) is 2.29. The lowest BCUT2D eigenvalue weighted by atomic mass is 10.1. The maximum atomic E-state index is 9.65. The molecule has 0 atom stereocenters. The van der Waals surface area contributed by atoms with E-state index in [0.29, 0.717) is 6.61 Å².